The summed E-state index contributed by atoms with van der Waals surface area (Å²) in [4.78, 5) is 0. The van der Waals surface area contributed by atoms with Gasteiger partial charge in [-0.3, -0.25) is 0 Å². The lowest BCUT2D eigenvalue weighted by Gasteiger charge is -2.11. The number of hydrogen-bond acceptors (Lipinski definition) is 3. The summed E-state index contributed by atoms with van der Waals surface area (Å²) >= 11 is 9.27. The Morgan fingerprint density at radius 2 is 1.56 bits per heavy atom. The van der Waals surface area contributed by atoms with Gasteiger partial charge in [-0.25, -0.2) is 0 Å². The van der Waals surface area contributed by atoms with E-state index in [2.05, 4.69) is 20.5 Å². The van der Waals surface area contributed by atoms with Crippen LogP contribution in [0, 0.1) is 0 Å². The van der Waals surface area contributed by atoms with Crippen LogP contribution in [0.2, 0.25) is 0 Å². The lowest BCUT2D eigenvalue weighted by Crippen LogP contribution is -1.69. The summed E-state index contributed by atoms with van der Waals surface area (Å²) in [5.74, 6) is 2.33. The molecule has 0 saturated heterocycles. The molecule has 0 nitrogen and oxygen atoms in total. The van der Waals surface area contributed by atoms with Gasteiger partial charge in [0.25, 0.3) is 0 Å². The first-order valence-electron chi connectivity index (χ1n) is 2.99. The van der Waals surface area contributed by atoms with E-state index in [-0.39, 0.29) is 0 Å². The fourth-order valence-electron chi connectivity index (χ4n) is 0.506. The molecule has 0 amide bonds. The summed E-state index contributed by atoms with van der Waals surface area (Å²) in [6.07, 6.45) is 0. The Bertz CT molecular complexity index is 103. The van der Waals surface area contributed by atoms with E-state index >= 15 is 0 Å². The molecule has 0 aromatic carbocycles. The molecule has 0 aliphatic rings. The maximum atomic E-state index is 5.38. The Balaban J connectivity index is 3.58. The smallest absolute Gasteiger partial charge is 0.0542 e. The molecule has 0 aromatic heterocycles. The molecular formula is C5H13PS3. The summed E-state index contributed by atoms with van der Waals surface area (Å²) in [5.41, 5.74) is 0. The largest absolute Gasteiger partial charge is 0.115 e. The number of rotatable bonds is 4. The highest BCUT2D eigenvalue weighted by atomic mass is 33.2. The van der Waals surface area contributed by atoms with Crippen molar-refractivity contribution in [2.45, 2.75) is 13.8 Å². The van der Waals surface area contributed by atoms with Gasteiger partial charge in [-0.2, -0.15) is 0 Å². The number of hydrogen-bond donors (Lipinski definition) is 0. The van der Waals surface area contributed by atoms with Gasteiger partial charge in [0.05, 0.1) is 4.44 Å². The van der Waals surface area contributed by atoms with Gasteiger partial charge in [-0.05, 0) is 18.2 Å². The van der Waals surface area contributed by atoms with E-state index in [0.717, 1.165) is 0 Å². The highest BCUT2D eigenvalue weighted by Crippen LogP contribution is 2.66. The lowest BCUT2D eigenvalue weighted by atomic mass is 11.0. The topological polar surface area (TPSA) is 0 Å². The predicted octanol–water partition coefficient (Wildman–Crippen LogP) is 3.43. The molecule has 0 saturated carbocycles. The molecule has 0 aliphatic carbocycles. The molecule has 4 heteroatoms. The Labute approximate surface area is 71.1 Å². The van der Waals surface area contributed by atoms with Crippen LogP contribution in [0.15, 0.2) is 0 Å². The molecule has 9 heavy (non-hydrogen) atoms. The SMILES string of the molecule is CCSP(C)(=S)SCC. The second-order valence-corrected chi connectivity index (χ2v) is 15.0. The third kappa shape index (κ3) is 5.78. The molecule has 0 fully saturated rings. The molecule has 0 atom stereocenters. The minimum Gasteiger partial charge on any atom is -0.115 e. The molecule has 0 rings (SSSR count). The molecule has 0 bridgehead atoms. The van der Waals surface area contributed by atoms with Crippen molar-refractivity contribution in [3.05, 3.63) is 0 Å². The van der Waals surface area contributed by atoms with Gasteiger partial charge in [0.15, 0.2) is 0 Å². The Morgan fingerprint density at radius 1 is 1.22 bits per heavy atom. The maximum absolute atomic E-state index is 5.38. The molecule has 0 unspecified atom stereocenters. The Morgan fingerprint density at radius 3 is 1.78 bits per heavy atom. The summed E-state index contributed by atoms with van der Waals surface area (Å²) in [5, 5.41) is 0. The van der Waals surface area contributed by atoms with Crippen LogP contribution in [-0.4, -0.2) is 18.2 Å². The highest BCUT2D eigenvalue weighted by molar-refractivity contribution is 9.00. The van der Waals surface area contributed by atoms with E-state index in [4.69, 9.17) is 11.8 Å². The molecule has 56 valence electrons. The molecule has 0 radical (unpaired) electrons. The first-order valence-corrected chi connectivity index (χ1v) is 9.42. The van der Waals surface area contributed by atoms with Crippen molar-refractivity contribution in [1.82, 2.24) is 0 Å². The van der Waals surface area contributed by atoms with Crippen molar-refractivity contribution in [2.75, 3.05) is 18.2 Å². The highest BCUT2D eigenvalue weighted by Gasteiger charge is 2.07. The van der Waals surface area contributed by atoms with Crippen molar-refractivity contribution in [3.63, 3.8) is 0 Å². The van der Waals surface area contributed by atoms with Crippen LogP contribution in [-0.2, 0) is 11.8 Å². The van der Waals surface area contributed by atoms with E-state index in [1.54, 1.807) is 0 Å². The second kappa shape index (κ2) is 5.06. The third-order valence-corrected chi connectivity index (χ3v) is 10.3. The van der Waals surface area contributed by atoms with E-state index in [0.29, 0.717) is 0 Å². The third-order valence-electron chi connectivity index (χ3n) is 0.727. The zero-order valence-corrected chi connectivity index (χ0v) is 9.43. The van der Waals surface area contributed by atoms with Crippen LogP contribution < -0.4 is 0 Å². The second-order valence-electron chi connectivity index (χ2n) is 1.61. The summed E-state index contributed by atoms with van der Waals surface area (Å²) in [6, 6.07) is 0. The zero-order valence-electron chi connectivity index (χ0n) is 6.09. The van der Waals surface area contributed by atoms with E-state index < -0.39 is 4.44 Å². The van der Waals surface area contributed by atoms with Gasteiger partial charge in [0, 0.05) is 0 Å². The predicted molar refractivity (Wildman–Crippen MR) is 56.5 cm³/mol. The van der Waals surface area contributed by atoms with Gasteiger partial charge in [0.2, 0.25) is 0 Å². The maximum Gasteiger partial charge on any atom is 0.0542 e. The van der Waals surface area contributed by atoms with Crippen LogP contribution >= 0.6 is 27.2 Å². The Kier molecular flexibility index (Phi) is 5.82. The Hall–Kier alpha value is 1.35. The van der Waals surface area contributed by atoms with Gasteiger partial charge < -0.3 is 0 Å². The minimum atomic E-state index is -1.03. The van der Waals surface area contributed by atoms with E-state index in [9.17, 15) is 0 Å². The summed E-state index contributed by atoms with van der Waals surface area (Å²) < 4.78 is -1.03. The van der Waals surface area contributed by atoms with Crippen LogP contribution in [0.3, 0.4) is 0 Å². The van der Waals surface area contributed by atoms with Crippen molar-refractivity contribution in [1.29, 1.82) is 0 Å². The van der Waals surface area contributed by atoms with Crippen LogP contribution in [0.25, 0.3) is 0 Å². The normalized spacial score (nSPS) is 11.9. The monoisotopic (exact) mass is 200 g/mol. The zero-order chi connectivity index (χ0) is 7.33. The van der Waals surface area contributed by atoms with Crippen molar-refractivity contribution >= 4 is 39.0 Å². The molecule has 0 N–H and O–H groups in total. The quantitative estimate of drug-likeness (QED) is 0.638. The summed E-state index contributed by atoms with van der Waals surface area (Å²) in [6.45, 7) is 6.56. The molecule has 0 aliphatic heterocycles. The van der Waals surface area contributed by atoms with Crippen LogP contribution in [0.5, 0.6) is 0 Å². The molecular weight excluding hydrogens is 187 g/mol. The van der Waals surface area contributed by atoms with Crippen molar-refractivity contribution < 1.29 is 0 Å². The van der Waals surface area contributed by atoms with Crippen LogP contribution in [0.1, 0.15) is 13.8 Å². The average molecular weight is 200 g/mol. The fraction of sp³-hybridized carbons (Fsp3) is 1.00. The van der Waals surface area contributed by atoms with Gasteiger partial charge in [-0.15, -0.1) is 22.8 Å². The van der Waals surface area contributed by atoms with E-state index in [1.807, 2.05) is 22.8 Å². The lowest BCUT2D eigenvalue weighted by molar-refractivity contribution is 1.54. The van der Waals surface area contributed by atoms with Crippen molar-refractivity contribution in [2.24, 2.45) is 0 Å². The van der Waals surface area contributed by atoms with Gasteiger partial charge >= 0.3 is 0 Å². The molecule has 0 aromatic rings. The van der Waals surface area contributed by atoms with Crippen LogP contribution in [0.4, 0.5) is 0 Å². The molecule has 0 heterocycles. The fourth-order valence-corrected chi connectivity index (χ4v) is 9.02. The summed E-state index contributed by atoms with van der Waals surface area (Å²) in [7, 11) is 0. The molecule has 0 spiro atoms. The van der Waals surface area contributed by atoms with Gasteiger partial charge in [-0.1, -0.05) is 25.7 Å². The first kappa shape index (κ1) is 10.3. The van der Waals surface area contributed by atoms with Gasteiger partial charge in [0.1, 0.15) is 0 Å². The standard InChI is InChI=1S/C5H13PS3/c1-4-8-6(3,7)9-5-2/h4-5H2,1-3H3. The minimum absolute atomic E-state index is 1.03. The first-order chi connectivity index (χ1) is 4.12. The average Bonchev–Trinajstić information content (AvgIpc) is 1.64. The van der Waals surface area contributed by atoms with E-state index in [1.165, 1.54) is 11.5 Å². The van der Waals surface area contributed by atoms with Crippen molar-refractivity contribution in [3.8, 4) is 0 Å².